The summed E-state index contributed by atoms with van der Waals surface area (Å²) < 4.78 is 5.13. The lowest BCUT2D eigenvalue weighted by atomic mass is 10.1. The third kappa shape index (κ3) is 6.11. The number of rotatable bonds is 6. The van der Waals surface area contributed by atoms with Crippen LogP contribution >= 0.6 is 0 Å². The monoisotopic (exact) mass is 246 g/mol. The van der Waals surface area contributed by atoms with Crippen molar-refractivity contribution in [2.75, 3.05) is 13.7 Å². The third-order valence-corrected chi connectivity index (χ3v) is 2.45. The highest BCUT2D eigenvalue weighted by Crippen LogP contribution is 2.05. The second kappa shape index (κ2) is 6.44. The molecule has 0 aromatic heterocycles. The van der Waals surface area contributed by atoms with Crippen LogP contribution in [0.1, 0.15) is 27.7 Å². The molecule has 0 saturated carbocycles. The molecule has 3 N–H and O–H groups in total. The fourth-order valence-corrected chi connectivity index (χ4v) is 1.07. The molecule has 0 spiro atoms. The van der Waals surface area contributed by atoms with Gasteiger partial charge in [0.1, 0.15) is 6.04 Å². The van der Waals surface area contributed by atoms with E-state index in [0.29, 0.717) is 6.54 Å². The van der Waals surface area contributed by atoms with Gasteiger partial charge in [0.05, 0.1) is 5.60 Å². The molecule has 0 aliphatic carbocycles. The molecule has 1 atom stereocenters. The number of carbonyl (C=O) groups is 2. The van der Waals surface area contributed by atoms with Crippen LogP contribution < -0.4 is 10.6 Å². The maximum Gasteiger partial charge on any atom is 0.326 e. The van der Waals surface area contributed by atoms with Crippen LogP contribution in [-0.2, 0) is 9.53 Å². The highest BCUT2D eigenvalue weighted by atomic mass is 16.5. The third-order valence-electron chi connectivity index (χ3n) is 2.45. The summed E-state index contributed by atoms with van der Waals surface area (Å²) >= 11 is 0. The van der Waals surface area contributed by atoms with Gasteiger partial charge >= 0.3 is 12.0 Å². The average Bonchev–Trinajstić information content (AvgIpc) is 2.22. The molecule has 0 bridgehead atoms. The molecule has 0 aromatic carbocycles. The zero-order chi connectivity index (χ0) is 13.6. The van der Waals surface area contributed by atoms with E-state index >= 15 is 0 Å². The van der Waals surface area contributed by atoms with Crippen molar-refractivity contribution in [2.45, 2.75) is 39.3 Å². The van der Waals surface area contributed by atoms with E-state index in [2.05, 4.69) is 10.6 Å². The molecule has 0 rings (SSSR count). The van der Waals surface area contributed by atoms with Gasteiger partial charge < -0.3 is 20.5 Å². The summed E-state index contributed by atoms with van der Waals surface area (Å²) in [4.78, 5) is 22.4. The maximum absolute atomic E-state index is 11.5. The fourth-order valence-electron chi connectivity index (χ4n) is 1.07. The number of ether oxygens (including phenoxy) is 1. The van der Waals surface area contributed by atoms with Crippen LogP contribution in [0.3, 0.4) is 0 Å². The van der Waals surface area contributed by atoms with Gasteiger partial charge in [-0.2, -0.15) is 0 Å². The number of amides is 2. The predicted molar refractivity (Wildman–Crippen MR) is 63.9 cm³/mol. The Kier molecular flexibility index (Phi) is 5.95. The Bertz CT molecular complexity index is 277. The van der Waals surface area contributed by atoms with Crippen molar-refractivity contribution in [2.24, 2.45) is 5.92 Å². The first-order valence-electron chi connectivity index (χ1n) is 5.52. The van der Waals surface area contributed by atoms with Crippen LogP contribution in [0.15, 0.2) is 0 Å². The molecule has 1 unspecified atom stereocenters. The molecule has 0 aromatic rings. The Morgan fingerprint density at radius 1 is 1.35 bits per heavy atom. The second-order valence-electron chi connectivity index (χ2n) is 4.85. The van der Waals surface area contributed by atoms with Crippen LogP contribution in [0.2, 0.25) is 0 Å². The number of urea groups is 1. The van der Waals surface area contributed by atoms with Crippen molar-refractivity contribution < 1.29 is 19.4 Å². The minimum absolute atomic E-state index is 0.173. The molecule has 6 heteroatoms. The number of aliphatic carboxylic acids is 1. The van der Waals surface area contributed by atoms with Gasteiger partial charge in [-0.3, -0.25) is 0 Å². The lowest BCUT2D eigenvalue weighted by molar-refractivity contribution is -0.140. The number of carboxylic acids is 1. The van der Waals surface area contributed by atoms with Gasteiger partial charge in [-0.25, -0.2) is 9.59 Å². The van der Waals surface area contributed by atoms with Gasteiger partial charge in [-0.15, -0.1) is 0 Å². The maximum atomic E-state index is 11.5. The van der Waals surface area contributed by atoms with E-state index in [1.54, 1.807) is 21.0 Å². The normalized spacial score (nSPS) is 13.3. The minimum atomic E-state index is -1.04. The van der Waals surface area contributed by atoms with Gasteiger partial charge in [-0.1, -0.05) is 13.8 Å². The number of methoxy groups -OCH3 is 1. The van der Waals surface area contributed by atoms with E-state index in [1.165, 1.54) is 0 Å². The highest BCUT2D eigenvalue weighted by Gasteiger charge is 2.24. The Morgan fingerprint density at radius 3 is 2.24 bits per heavy atom. The fraction of sp³-hybridized carbons (Fsp3) is 0.818. The largest absolute Gasteiger partial charge is 0.480 e. The zero-order valence-corrected chi connectivity index (χ0v) is 11.0. The molecule has 0 heterocycles. The predicted octanol–water partition coefficient (Wildman–Crippen LogP) is 0.820. The van der Waals surface area contributed by atoms with Crippen molar-refractivity contribution in [3.8, 4) is 0 Å². The summed E-state index contributed by atoms with van der Waals surface area (Å²) in [7, 11) is 1.55. The SMILES string of the molecule is COC(C)(C)CNC(=O)NC(C(=O)O)C(C)C. The van der Waals surface area contributed by atoms with Crippen molar-refractivity contribution in [1.82, 2.24) is 10.6 Å². The highest BCUT2D eigenvalue weighted by molar-refractivity contribution is 5.82. The van der Waals surface area contributed by atoms with E-state index in [0.717, 1.165) is 0 Å². The Balaban J connectivity index is 4.21. The number of hydrogen-bond donors (Lipinski definition) is 3. The number of nitrogens with one attached hydrogen (secondary N) is 2. The van der Waals surface area contributed by atoms with Gasteiger partial charge in [0, 0.05) is 13.7 Å². The van der Waals surface area contributed by atoms with Crippen LogP contribution in [0.25, 0.3) is 0 Å². The quantitative estimate of drug-likeness (QED) is 0.647. The molecule has 0 aliphatic rings. The van der Waals surface area contributed by atoms with Crippen LogP contribution in [0.4, 0.5) is 4.79 Å². The van der Waals surface area contributed by atoms with E-state index in [9.17, 15) is 9.59 Å². The molecular weight excluding hydrogens is 224 g/mol. The Hall–Kier alpha value is -1.30. The topological polar surface area (TPSA) is 87.7 Å². The minimum Gasteiger partial charge on any atom is -0.480 e. The van der Waals surface area contributed by atoms with E-state index in [4.69, 9.17) is 9.84 Å². The summed E-state index contributed by atoms with van der Waals surface area (Å²) in [5, 5.41) is 13.9. The summed E-state index contributed by atoms with van der Waals surface area (Å²) in [6.07, 6.45) is 0. The van der Waals surface area contributed by atoms with Gasteiger partial charge in [0.2, 0.25) is 0 Å². The molecule has 6 nitrogen and oxygen atoms in total. The molecule has 100 valence electrons. The number of carboxylic acid groups (broad SMARTS) is 1. The summed E-state index contributed by atoms with van der Waals surface area (Å²) in [5.74, 6) is -1.21. The summed E-state index contributed by atoms with van der Waals surface area (Å²) in [6, 6.07) is -1.39. The van der Waals surface area contributed by atoms with Crippen molar-refractivity contribution in [3.63, 3.8) is 0 Å². The van der Waals surface area contributed by atoms with Crippen molar-refractivity contribution in [3.05, 3.63) is 0 Å². The molecule has 0 fully saturated rings. The standard InChI is InChI=1S/C11H22N2O4/c1-7(2)8(9(14)15)13-10(16)12-6-11(3,4)17-5/h7-8H,6H2,1-5H3,(H,14,15)(H2,12,13,16). The van der Waals surface area contributed by atoms with Crippen LogP contribution in [0.5, 0.6) is 0 Å². The average molecular weight is 246 g/mol. The van der Waals surface area contributed by atoms with E-state index < -0.39 is 23.6 Å². The molecule has 17 heavy (non-hydrogen) atoms. The van der Waals surface area contributed by atoms with E-state index in [1.807, 2.05) is 13.8 Å². The van der Waals surface area contributed by atoms with E-state index in [-0.39, 0.29) is 5.92 Å². The second-order valence-corrected chi connectivity index (χ2v) is 4.85. The van der Waals surface area contributed by atoms with Crippen molar-refractivity contribution in [1.29, 1.82) is 0 Å². The van der Waals surface area contributed by atoms with Crippen LogP contribution in [-0.4, -0.2) is 42.4 Å². The first-order valence-corrected chi connectivity index (χ1v) is 5.52. The lowest BCUT2D eigenvalue weighted by Crippen LogP contribution is -2.51. The number of hydrogen-bond acceptors (Lipinski definition) is 3. The zero-order valence-electron chi connectivity index (χ0n) is 11.0. The lowest BCUT2D eigenvalue weighted by Gasteiger charge is -2.24. The molecule has 0 radical (unpaired) electrons. The Labute approximate surface area is 102 Å². The molecule has 0 saturated heterocycles. The Morgan fingerprint density at radius 2 is 1.88 bits per heavy atom. The molecular formula is C11H22N2O4. The molecule has 0 aliphatic heterocycles. The summed E-state index contributed by atoms with van der Waals surface area (Å²) in [5.41, 5.74) is -0.478. The van der Waals surface area contributed by atoms with Crippen molar-refractivity contribution >= 4 is 12.0 Å². The first kappa shape index (κ1) is 15.7. The first-order chi connectivity index (χ1) is 7.69. The van der Waals surface area contributed by atoms with Gasteiger partial charge in [0.25, 0.3) is 0 Å². The van der Waals surface area contributed by atoms with Crippen LogP contribution in [0, 0.1) is 5.92 Å². The van der Waals surface area contributed by atoms with Gasteiger partial charge in [-0.05, 0) is 19.8 Å². The van der Waals surface area contributed by atoms with Gasteiger partial charge in [0.15, 0.2) is 0 Å². The summed E-state index contributed by atoms with van der Waals surface area (Å²) in [6.45, 7) is 7.42. The smallest absolute Gasteiger partial charge is 0.326 e. The molecule has 2 amide bonds. The number of carbonyl (C=O) groups excluding carboxylic acids is 1.